The lowest BCUT2D eigenvalue weighted by Crippen LogP contribution is -2.09. The highest BCUT2D eigenvalue weighted by molar-refractivity contribution is 5.08. The van der Waals surface area contributed by atoms with Crippen LogP contribution >= 0.6 is 0 Å². The van der Waals surface area contributed by atoms with Gasteiger partial charge in [-0.3, -0.25) is 0 Å². The van der Waals surface area contributed by atoms with Crippen LogP contribution in [-0.4, -0.2) is 19.5 Å². The van der Waals surface area contributed by atoms with Gasteiger partial charge in [0, 0.05) is 5.92 Å². The number of rotatable bonds is 0. The van der Waals surface area contributed by atoms with Crippen molar-refractivity contribution < 1.29 is 9.47 Å². The van der Waals surface area contributed by atoms with Gasteiger partial charge in [0.1, 0.15) is 0 Å². The van der Waals surface area contributed by atoms with Crippen LogP contribution in [0, 0.1) is 5.92 Å². The molecule has 2 heteroatoms. The Kier molecular flexibility index (Phi) is 1.10. The van der Waals surface area contributed by atoms with Gasteiger partial charge in [-0.1, -0.05) is 6.58 Å². The van der Waals surface area contributed by atoms with E-state index in [1.807, 2.05) is 0 Å². The monoisotopic (exact) mass is 126 g/mol. The van der Waals surface area contributed by atoms with Gasteiger partial charge in [-0.05, 0) is 12.0 Å². The normalized spacial score (nSPS) is 41.6. The zero-order valence-electron chi connectivity index (χ0n) is 5.30. The quantitative estimate of drug-likeness (QED) is 0.450. The third-order valence-electron chi connectivity index (χ3n) is 2.00. The van der Waals surface area contributed by atoms with Crippen molar-refractivity contribution in [1.29, 1.82) is 0 Å². The van der Waals surface area contributed by atoms with Gasteiger partial charge in [-0.2, -0.15) is 0 Å². The average molecular weight is 126 g/mol. The van der Waals surface area contributed by atoms with Crippen LogP contribution in [-0.2, 0) is 9.47 Å². The molecule has 0 bridgehead atoms. The summed E-state index contributed by atoms with van der Waals surface area (Å²) in [6, 6.07) is 0. The van der Waals surface area contributed by atoms with Crippen LogP contribution in [0.4, 0.5) is 0 Å². The van der Waals surface area contributed by atoms with Crippen LogP contribution in [0.3, 0.4) is 0 Å². The van der Waals surface area contributed by atoms with Gasteiger partial charge < -0.3 is 9.47 Å². The minimum absolute atomic E-state index is 0.0532. The molecule has 0 amide bonds. The van der Waals surface area contributed by atoms with Crippen LogP contribution in [0.5, 0.6) is 0 Å². The largest absolute Gasteiger partial charge is 0.352 e. The molecule has 50 valence electrons. The highest BCUT2D eigenvalue weighted by atomic mass is 16.7. The third-order valence-corrected chi connectivity index (χ3v) is 2.00. The Morgan fingerprint density at radius 1 is 1.44 bits per heavy atom. The smallest absolute Gasteiger partial charge is 0.164 e. The van der Waals surface area contributed by atoms with Crippen LogP contribution < -0.4 is 0 Å². The average Bonchev–Trinajstić information content (AvgIpc) is 2.35. The first-order valence-corrected chi connectivity index (χ1v) is 3.29. The first kappa shape index (κ1) is 5.45. The summed E-state index contributed by atoms with van der Waals surface area (Å²) in [7, 11) is 0. The van der Waals surface area contributed by atoms with E-state index >= 15 is 0 Å². The maximum atomic E-state index is 5.27. The lowest BCUT2D eigenvalue weighted by molar-refractivity contribution is -0.0904. The zero-order valence-corrected chi connectivity index (χ0v) is 5.30. The van der Waals surface area contributed by atoms with Crippen LogP contribution in [0.15, 0.2) is 12.2 Å². The summed E-state index contributed by atoms with van der Waals surface area (Å²) < 4.78 is 10.5. The van der Waals surface area contributed by atoms with E-state index in [4.69, 9.17) is 9.47 Å². The standard InChI is InChI=1S/C7H10O2/c1-5-4-9-7-6(5)2-3-8-7/h6-7H,1-4H2/t6-,7+/m0/s1. The molecular formula is C7H10O2. The summed E-state index contributed by atoms with van der Waals surface area (Å²) in [5.41, 5.74) is 1.21. The Morgan fingerprint density at radius 2 is 2.33 bits per heavy atom. The third kappa shape index (κ3) is 0.705. The molecule has 0 aliphatic carbocycles. The fourth-order valence-electron chi connectivity index (χ4n) is 1.42. The van der Waals surface area contributed by atoms with Crippen LogP contribution in [0.25, 0.3) is 0 Å². The molecule has 0 radical (unpaired) electrons. The molecule has 0 aromatic rings. The summed E-state index contributed by atoms with van der Waals surface area (Å²) in [6.45, 7) is 5.44. The van der Waals surface area contributed by atoms with E-state index in [1.54, 1.807) is 0 Å². The predicted octanol–water partition coefficient (Wildman–Crippen LogP) is 0.935. The molecule has 9 heavy (non-hydrogen) atoms. The molecule has 2 atom stereocenters. The minimum atomic E-state index is 0.0532. The van der Waals surface area contributed by atoms with Gasteiger partial charge in [0.05, 0.1) is 13.2 Å². The van der Waals surface area contributed by atoms with Gasteiger partial charge in [-0.15, -0.1) is 0 Å². The molecule has 2 aliphatic rings. The van der Waals surface area contributed by atoms with Crippen LogP contribution in [0.1, 0.15) is 6.42 Å². The molecule has 2 aliphatic heterocycles. The number of ether oxygens (including phenoxy) is 2. The van der Waals surface area contributed by atoms with Crippen molar-refractivity contribution in [3.63, 3.8) is 0 Å². The van der Waals surface area contributed by atoms with E-state index in [0.29, 0.717) is 12.5 Å². The van der Waals surface area contributed by atoms with E-state index in [-0.39, 0.29) is 6.29 Å². The van der Waals surface area contributed by atoms with E-state index in [1.165, 1.54) is 5.57 Å². The number of hydrogen-bond donors (Lipinski definition) is 0. The lowest BCUT2D eigenvalue weighted by Gasteiger charge is -2.04. The molecule has 2 fully saturated rings. The van der Waals surface area contributed by atoms with E-state index in [9.17, 15) is 0 Å². The molecule has 0 unspecified atom stereocenters. The van der Waals surface area contributed by atoms with Gasteiger partial charge in [0.25, 0.3) is 0 Å². The van der Waals surface area contributed by atoms with Crippen molar-refractivity contribution in [3.05, 3.63) is 12.2 Å². The second-order valence-corrected chi connectivity index (χ2v) is 2.60. The summed E-state index contributed by atoms with van der Waals surface area (Å²) in [4.78, 5) is 0. The van der Waals surface area contributed by atoms with E-state index < -0.39 is 0 Å². The van der Waals surface area contributed by atoms with Crippen LogP contribution in [0.2, 0.25) is 0 Å². The van der Waals surface area contributed by atoms with Crippen molar-refractivity contribution in [1.82, 2.24) is 0 Å². The Labute approximate surface area is 54.5 Å². The second kappa shape index (κ2) is 1.82. The summed E-state index contributed by atoms with van der Waals surface area (Å²) in [5.74, 6) is 0.505. The Balaban J connectivity index is 2.15. The molecule has 2 saturated heterocycles. The SMILES string of the molecule is C=C1CO[C@H]2OCC[C@@H]12. The van der Waals surface area contributed by atoms with Gasteiger partial charge in [0.2, 0.25) is 0 Å². The van der Waals surface area contributed by atoms with Gasteiger partial charge in [-0.25, -0.2) is 0 Å². The zero-order chi connectivity index (χ0) is 6.27. The van der Waals surface area contributed by atoms with Gasteiger partial charge in [0.15, 0.2) is 6.29 Å². The molecule has 0 N–H and O–H groups in total. The fourth-order valence-corrected chi connectivity index (χ4v) is 1.42. The molecule has 2 heterocycles. The lowest BCUT2D eigenvalue weighted by atomic mass is 10.0. The Morgan fingerprint density at radius 3 is 3.11 bits per heavy atom. The maximum Gasteiger partial charge on any atom is 0.164 e. The second-order valence-electron chi connectivity index (χ2n) is 2.60. The maximum absolute atomic E-state index is 5.27. The Hall–Kier alpha value is -0.340. The summed E-state index contributed by atoms with van der Waals surface area (Å²) in [6.07, 6.45) is 1.15. The van der Waals surface area contributed by atoms with Crippen molar-refractivity contribution in [2.75, 3.05) is 13.2 Å². The molecule has 0 aromatic heterocycles. The fraction of sp³-hybridized carbons (Fsp3) is 0.714. The first-order valence-electron chi connectivity index (χ1n) is 3.29. The summed E-state index contributed by atoms with van der Waals surface area (Å²) >= 11 is 0. The van der Waals surface area contributed by atoms with E-state index in [0.717, 1.165) is 13.0 Å². The molecule has 0 saturated carbocycles. The van der Waals surface area contributed by atoms with E-state index in [2.05, 4.69) is 6.58 Å². The van der Waals surface area contributed by atoms with Crippen molar-refractivity contribution in [2.45, 2.75) is 12.7 Å². The molecule has 2 nitrogen and oxygen atoms in total. The van der Waals surface area contributed by atoms with Crippen molar-refractivity contribution >= 4 is 0 Å². The highest BCUT2D eigenvalue weighted by Gasteiger charge is 2.36. The van der Waals surface area contributed by atoms with Crippen molar-refractivity contribution in [2.24, 2.45) is 5.92 Å². The first-order chi connectivity index (χ1) is 4.38. The minimum Gasteiger partial charge on any atom is -0.352 e. The number of hydrogen-bond acceptors (Lipinski definition) is 2. The van der Waals surface area contributed by atoms with Crippen molar-refractivity contribution in [3.8, 4) is 0 Å². The summed E-state index contributed by atoms with van der Waals surface area (Å²) in [5, 5.41) is 0. The number of fused-ring (bicyclic) bond motifs is 1. The topological polar surface area (TPSA) is 18.5 Å². The van der Waals surface area contributed by atoms with Gasteiger partial charge >= 0.3 is 0 Å². The molecule has 0 aromatic carbocycles. The Bertz CT molecular complexity index is 142. The molecule has 2 rings (SSSR count). The highest BCUT2D eigenvalue weighted by Crippen LogP contribution is 2.33. The predicted molar refractivity (Wildman–Crippen MR) is 32.9 cm³/mol. The molecule has 0 spiro atoms. The molecular weight excluding hydrogens is 116 g/mol.